The van der Waals surface area contributed by atoms with Crippen molar-refractivity contribution in [3.05, 3.63) is 24.2 Å². The summed E-state index contributed by atoms with van der Waals surface area (Å²) in [5, 5.41) is 4.13. The van der Waals surface area contributed by atoms with Crippen molar-refractivity contribution in [2.45, 2.75) is 18.6 Å². The van der Waals surface area contributed by atoms with Crippen molar-refractivity contribution in [2.24, 2.45) is 0 Å². The summed E-state index contributed by atoms with van der Waals surface area (Å²) in [7, 11) is 0. The fraction of sp³-hybridized carbons (Fsp3) is 0.500. The molecule has 0 spiro atoms. The Labute approximate surface area is 123 Å². The van der Waals surface area contributed by atoms with E-state index in [0.29, 0.717) is 5.75 Å². The molecule has 1 aromatic rings. The van der Waals surface area contributed by atoms with Gasteiger partial charge in [0.25, 0.3) is 5.91 Å². The quantitative estimate of drug-likeness (QED) is 0.802. The number of carbonyl (C=O) groups excluding carboxylic acids is 2. The van der Waals surface area contributed by atoms with E-state index in [-0.39, 0.29) is 12.2 Å². The van der Waals surface area contributed by atoms with E-state index >= 15 is 0 Å². The van der Waals surface area contributed by atoms with E-state index in [1.165, 1.54) is 30.2 Å². The molecule has 0 aliphatic carbocycles. The maximum absolute atomic E-state index is 12.1. The van der Waals surface area contributed by atoms with Gasteiger partial charge in [-0.25, -0.2) is 0 Å². The number of carbonyl (C=O) groups is 2. The van der Waals surface area contributed by atoms with Crippen LogP contribution in [-0.2, 0) is 4.79 Å². The third-order valence-electron chi connectivity index (χ3n) is 2.44. The van der Waals surface area contributed by atoms with Crippen molar-refractivity contribution >= 4 is 23.6 Å². The molecule has 0 aliphatic heterocycles. The van der Waals surface area contributed by atoms with Crippen LogP contribution < -0.4 is 10.6 Å². The number of rotatable bonds is 7. The molecule has 0 fully saturated rings. The summed E-state index contributed by atoms with van der Waals surface area (Å²) >= 11 is 1.42. The highest BCUT2D eigenvalue weighted by molar-refractivity contribution is 7.98. The monoisotopic (exact) mass is 324 g/mol. The molecular weight excluding hydrogens is 309 g/mol. The van der Waals surface area contributed by atoms with E-state index in [9.17, 15) is 22.8 Å². The highest BCUT2D eigenvalue weighted by Crippen LogP contribution is 2.12. The number of amides is 2. The Morgan fingerprint density at radius 2 is 2.14 bits per heavy atom. The minimum Gasteiger partial charge on any atom is -0.459 e. The Hall–Kier alpha value is -1.64. The van der Waals surface area contributed by atoms with Gasteiger partial charge in [0.05, 0.1) is 6.26 Å². The molecule has 2 amide bonds. The highest BCUT2D eigenvalue weighted by atomic mass is 32.2. The first-order chi connectivity index (χ1) is 9.83. The third-order valence-corrected chi connectivity index (χ3v) is 3.08. The summed E-state index contributed by atoms with van der Waals surface area (Å²) in [6, 6.07) is 1.85. The van der Waals surface area contributed by atoms with Gasteiger partial charge in [0.2, 0.25) is 5.91 Å². The standard InChI is InChI=1S/C12H15F3N2O3S/c1-21-6-4-8(10(18)16-7-12(13,14)15)17-11(19)9-3-2-5-20-9/h2-3,5,8H,4,6-7H2,1H3,(H,16,18)(H,17,19)/t8-/m1/s1. The normalized spacial score (nSPS) is 12.8. The molecule has 1 rings (SSSR count). The first kappa shape index (κ1) is 17.4. The molecule has 0 aliphatic rings. The lowest BCUT2D eigenvalue weighted by atomic mass is 10.2. The molecule has 1 heterocycles. The van der Waals surface area contributed by atoms with E-state index in [1.807, 2.05) is 0 Å². The largest absolute Gasteiger partial charge is 0.459 e. The average Bonchev–Trinajstić information content (AvgIpc) is 2.93. The van der Waals surface area contributed by atoms with Crippen LogP contribution in [0.3, 0.4) is 0 Å². The second-order valence-electron chi connectivity index (χ2n) is 4.12. The average molecular weight is 324 g/mol. The molecule has 118 valence electrons. The zero-order valence-electron chi connectivity index (χ0n) is 11.2. The number of furan rings is 1. The van der Waals surface area contributed by atoms with Gasteiger partial charge in [-0.3, -0.25) is 9.59 Å². The van der Waals surface area contributed by atoms with Crippen LogP contribution in [0.2, 0.25) is 0 Å². The van der Waals surface area contributed by atoms with E-state index in [1.54, 1.807) is 11.6 Å². The van der Waals surface area contributed by atoms with E-state index < -0.39 is 30.6 Å². The fourth-order valence-corrected chi connectivity index (χ4v) is 1.92. The lowest BCUT2D eigenvalue weighted by Crippen LogP contribution is -2.49. The summed E-state index contributed by atoms with van der Waals surface area (Å²) in [6.07, 6.45) is -1.20. The molecule has 5 nitrogen and oxygen atoms in total. The van der Waals surface area contributed by atoms with Crippen LogP contribution in [0.4, 0.5) is 13.2 Å². The highest BCUT2D eigenvalue weighted by Gasteiger charge is 2.30. The van der Waals surface area contributed by atoms with Gasteiger partial charge in [0.15, 0.2) is 5.76 Å². The van der Waals surface area contributed by atoms with Gasteiger partial charge < -0.3 is 15.1 Å². The Kier molecular flexibility index (Phi) is 6.60. The predicted molar refractivity (Wildman–Crippen MR) is 72.0 cm³/mol. The molecule has 21 heavy (non-hydrogen) atoms. The molecule has 0 saturated carbocycles. The molecular formula is C12H15F3N2O3S. The Bertz CT molecular complexity index is 463. The van der Waals surface area contributed by atoms with Crippen molar-refractivity contribution in [2.75, 3.05) is 18.6 Å². The van der Waals surface area contributed by atoms with Gasteiger partial charge in [-0.1, -0.05) is 0 Å². The van der Waals surface area contributed by atoms with Gasteiger partial charge in [-0.2, -0.15) is 24.9 Å². The van der Waals surface area contributed by atoms with Crippen molar-refractivity contribution in [1.82, 2.24) is 10.6 Å². The third kappa shape index (κ3) is 6.56. The number of halogens is 3. The van der Waals surface area contributed by atoms with Crippen LogP contribution in [0.5, 0.6) is 0 Å². The van der Waals surface area contributed by atoms with Gasteiger partial charge in [0.1, 0.15) is 12.6 Å². The topological polar surface area (TPSA) is 71.3 Å². The Morgan fingerprint density at radius 3 is 2.67 bits per heavy atom. The maximum Gasteiger partial charge on any atom is 0.405 e. The SMILES string of the molecule is CSCC[C@@H](NC(=O)c1ccco1)C(=O)NCC(F)(F)F. The van der Waals surface area contributed by atoms with Gasteiger partial charge in [-0.05, 0) is 30.6 Å². The molecule has 0 bridgehead atoms. The molecule has 0 unspecified atom stereocenters. The van der Waals surface area contributed by atoms with Crippen LogP contribution in [0.1, 0.15) is 17.0 Å². The van der Waals surface area contributed by atoms with Crippen LogP contribution in [0.25, 0.3) is 0 Å². The number of hydrogen-bond donors (Lipinski definition) is 2. The summed E-state index contributed by atoms with van der Waals surface area (Å²) < 4.78 is 41.2. The molecule has 1 aromatic heterocycles. The molecule has 0 radical (unpaired) electrons. The zero-order valence-corrected chi connectivity index (χ0v) is 12.0. The predicted octanol–water partition coefficient (Wildman–Crippen LogP) is 1.81. The number of nitrogens with one attached hydrogen (secondary N) is 2. The number of thioether (sulfide) groups is 1. The van der Waals surface area contributed by atoms with Crippen molar-refractivity contribution in [3.8, 4) is 0 Å². The zero-order chi connectivity index (χ0) is 15.9. The lowest BCUT2D eigenvalue weighted by molar-refractivity contribution is -0.139. The minimum absolute atomic E-state index is 0.00669. The van der Waals surface area contributed by atoms with Crippen molar-refractivity contribution in [3.63, 3.8) is 0 Å². The minimum atomic E-state index is -4.50. The summed E-state index contributed by atoms with van der Waals surface area (Å²) in [4.78, 5) is 23.5. The van der Waals surface area contributed by atoms with E-state index in [2.05, 4.69) is 5.32 Å². The molecule has 0 saturated heterocycles. The number of hydrogen-bond acceptors (Lipinski definition) is 4. The van der Waals surface area contributed by atoms with E-state index in [0.717, 1.165) is 0 Å². The van der Waals surface area contributed by atoms with Crippen molar-refractivity contribution in [1.29, 1.82) is 0 Å². The summed E-state index contributed by atoms with van der Waals surface area (Å²) in [5.41, 5.74) is 0. The molecule has 1 atom stereocenters. The fourth-order valence-electron chi connectivity index (χ4n) is 1.45. The molecule has 9 heteroatoms. The Morgan fingerprint density at radius 1 is 1.43 bits per heavy atom. The first-order valence-corrected chi connectivity index (χ1v) is 7.40. The first-order valence-electron chi connectivity index (χ1n) is 6.01. The van der Waals surface area contributed by atoms with Gasteiger partial charge in [0, 0.05) is 0 Å². The van der Waals surface area contributed by atoms with Gasteiger partial charge in [-0.15, -0.1) is 0 Å². The Balaban J connectivity index is 2.62. The van der Waals surface area contributed by atoms with Crippen LogP contribution in [-0.4, -0.2) is 42.6 Å². The number of alkyl halides is 3. The van der Waals surface area contributed by atoms with Crippen molar-refractivity contribution < 1.29 is 27.2 Å². The lowest BCUT2D eigenvalue weighted by Gasteiger charge is -2.18. The van der Waals surface area contributed by atoms with Gasteiger partial charge >= 0.3 is 6.18 Å². The molecule has 0 aromatic carbocycles. The van der Waals surface area contributed by atoms with Crippen LogP contribution in [0.15, 0.2) is 22.8 Å². The van der Waals surface area contributed by atoms with E-state index in [4.69, 9.17) is 4.42 Å². The maximum atomic E-state index is 12.1. The second kappa shape index (κ2) is 7.96. The molecule has 2 N–H and O–H groups in total. The second-order valence-corrected chi connectivity index (χ2v) is 5.10. The van der Waals surface area contributed by atoms with Crippen LogP contribution >= 0.6 is 11.8 Å². The smallest absolute Gasteiger partial charge is 0.405 e. The summed E-state index contributed by atoms with van der Waals surface area (Å²) in [6.45, 7) is -1.43. The van der Waals surface area contributed by atoms with Crippen LogP contribution in [0, 0.1) is 0 Å². The summed E-state index contributed by atoms with van der Waals surface area (Å²) in [5.74, 6) is -1.01.